The molecular weight excluding hydrogens is 358 g/mol. The van der Waals surface area contributed by atoms with Crippen LogP contribution in [0.5, 0.6) is 5.75 Å². The van der Waals surface area contributed by atoms with Crippen LogP contribution in [0.3, 0.4) is 0 Å². The molecule has 0 N–H and O–H groups in total. The first-order valence-electron chi connectivity index (χ1n) is 5.38. The highest BCUT2D eigenvalue weighted by Crippen LogP contribution is 2.25. The molecule has 0 saturated heterocycles. The molecule has 2 nitrogen and oxygen atoms in total. The van der Waals surface area contributed by atoms with Crippen molar-refractivity contribution in [3.8, 4) is 5.75 Å². The van der Waals surface area contributed by atoms with Crippen molar-refractivity contribution in [3.63, 3.8) is 0 Å². The standard InChI is InChI=1S/C14H11Br2NO/c1-10-13(15)7-11(8-14(10)16)9-17-18-12-5-3-2-4-6-12/h2-9H,1H3/b17-9+. The lowest BCUT2D eigenvalue weighted by molar-refractivity contribution is 0.344. The van der Waals surface area contributed by atoms with E-state index in [1.54, 1.807) is 6.21 Å². The number of rotatable bonds is 3. The lowest BCUT2D eigenvalue weighted by atomic mass is 10.2. The quantitative estimate of drug-likeness (QED) is 0.555. The van der Waals surface area contributed by atoms with Crippen LogP contribution in [-0.4, -0.2) is 6.21 Å². The van der Waals surface area contributed by atoms with Crippen molar-refractivity contribution in [2.45, 2.75) is 6.92 Å². The summed E-state index contributed by atoms with van der Waals surface area (Å²) in [5.74, 6) is 0.721. The van der Waals surface area contributed by atoms with Gasteiger partial charge in [-0.1, -0.05) is 55.2 Å². The Bertz CT molecular complexity index is 544. The fraction of sp³-hybridized carbons (Fsp3) is 0.0714. The molecule has 2 aromatic carbocycles. The van der Waals surface area contributed by atoms with Gasteiger partial charge in [0, 0.05) is 8.95 Å². The van der Waals surface area contributed by atoms with Gasteiger partial charge in [-0.2, -0.15) is 0 Å². The summed E-state index contributed by atoms with van der Waals surface area (Å²) in [6.07, 6.45) is 1.68. The number of para-hydroxylation sites is 1. The highest BCUT2D eigenvalue weighted by molar-refractivity contribution is 9.11. The lowest BCUT2D eigenvalue weighted by Gasteiger charge is -2.03. The Labute approximate surface area is 123 Å². The Kier molecular flexibility index (Phi) is 4.55. The molecule has 92 valence electrons. The van der Waals surface area contributed by atoms with Crippen molar-refractivity contribution in [2.75, 3.05) is 0 Å². The highest BCUT2D eigenvalue weighted by atomic mass is 79.9. The number of halogens is 2. The molecule has 18 heavy (non-hydrogen) atoms. The van der Waals surface area contributed by atoms with Gasteiger partial charge in [0.25, 0.3) is 0 Å². The Morgan fingerprint density at radius 1 is 1.06 bits per heavy atom. The second kappa shape index (κ2) is 6.16. The van der Waals surface area contributed by atoms with Crippen LogP contribution in [0.15, 0.2) is 56.6 Å². The smallest absolute Gasteiger partial charge is 0.157 e. The van der Waals surface area contributed by atoms with Crippen LogP contribution in [-0.2, 0) is 0 Å². The van der Waals surface area contributed by atoms with Gasteiger partial charge in [-0.25, -0.2) is 0 Å². The van der Waals surface area contributed by atoms with E-state index in [-0.39, 0.29) is 0 Å². The molecule has 0 aliphatic heterocycles. The monoisotopic (exact) mass is 367 g/mol. The van der Waals surface area contributed by atoms with E-state index in [2.05, 4.69) is 37.0 Å². The topological polar surface area (TPSA) is 21.6 Å². The van der Waals surface area contributed by atoms with Gasteiger partial charge in [-0.05, 0) is 42.3 Å². The van der Waals surface area contributed by atoms with E-state index in [1.165, 1.54) is 0 Å². The van der Waals surface area contributed by atoms with E-state index in [1.807, 2.05) is 49.4 Å². The SMILES string of the molecule is Cc1c(Br)cc(/C=N/Oc2ccccc2)cc1Br. The Morgan fingerprint density at radius 3 is 2.28 bits per heavy atom. The molecule has 0 amide bonds. The molecule has 2 rings (SSSR count). The minimum Gasteiger partial charge on any atom is -0.357 e. The normalized spacial score (nSPS) is 10.8. The molecule has 0 bridgehead atoms. The fourth-order valence-corrected chi connectivity index (χ4v) is 2.59. The summed E-state index contributed by atoms with van der Waals surface area (Å²) in [5.41, 5.74) is 2.13. The molecule has 0 radical (unpaired) electrons. The van der Waals surface area contributed by atoms with Crippen LogP contribution in [0, 0.1) is 6.92 Å². The van der Waals surface area contributed by atoms with Crippen LogP contribution in [0.4, 0.5) is 0 Å². The summed E-state index contributed by atoms with van der Waals surface area (Å²) in [6.45, 7) is 2.04. The third kappa shape index (κ3) is 3.43. The Balaban J connectivity index is 2.10. The molecule has 2 aromatic rings. The van der Waals surface area contributed by atoms with Gasteiger partial charge in [-0.15, -0.1) is 0 Å². The first-order chi connectivity index (χ1) is 8.66. The predicted octanol–water partition coefficient (Wildman–Crippen LogP) is 4.93. The lowest BCUT2D eigenvalue weighted by Crippen LogP contribution is -1.89. The Hall–Kier alpha value is -1.13. The number of hydrogen-bond acceptors (Lipinski definition) is 2. The molecule has 0 aliphatic carbocycles. The molecule has 0 atom stereocenters. The maximum Gasteiger partial charge on any atom is 0.157 e. The zero-order valence-electron chi connectivity index (χ0n) is 9.73. The van der Waals surface area contributed by atoms with E-state index >= 15 is 0 Å². The summed E-state index contributed by atoms with van der Waals surface area (Å²) in [5, 5.41) is 3.96. The summed E-state index contributed by atoms with van der Waals surface area (Å²) in [7, 11) is 0. The average molecular weight is 369 g/mol. The molecule has 0 unspecified atom stereocenters. The largest absolute Gasteiger partial charge is 0.357 e. The summed E-state index contributed by atoms with van der Waals surface area (Å²) in [6, 6.07) is 13.5. The van der Waals surface area contributed by atoms with Crippen LogP contribution in [0.1, 0.15) is 11.1 Å². The summed E-state index contributed by atoms with van der Waals surface area (Å²) in [4.78, 5) is 5.26. The van der Waals surface area contributed by atoms with E-state index < -0.39 is 0 Å². The van der Waals surface area contributed by atoms with Crippen LogP contribution in [0.25, 0.3) is 0 Å². The third-order valence-electron chi connectivity index (χ3n) is 2.41. The number of hydrogen-bond donors (Lipinski definition) is 0. The molecule has 0 aliphatic rings. The van der Waals surface area contributed by atoms with Crippen LogP contribution < -0.4 is 4.84 Å². The molecule has 0 spiro atoms. The zero-order chi connectivity index (χ0) is 13.0. The van der Waals surface area contributed by atoms with Gasteiger partial charge in [-0.3, -0.25) is 0 Å². The first-order valence-corrected chi connectivity index (χ1v) is 6.96. The van der Waals surface area contributed by atoms with Crippen molar-refractivity contribution in [1.82, 2.24) is 0 Å². The fourth-order valence-electron chi connectivity index (χ4n) is 1.37. The van der Waals surface area contributed by atoms with Crippen molar-refractivity contribution in [2.24, 2.45) is 5.16 Å². The molecule has 0 heterocycles. The number of benzene rings is 2. The van der Waals surface area contributed by atoms with Gasteiger partial charge in [0.05, 0.1) is 6.21 Å². The maximum absolute atomic E-state index is 5.26. The maximum atomic E-state index is 5.26. The molecule has 4 heteroatoms. The molecule has 0 aromatic heterocycles. The number of nitrogens with zero attached hydrogens (tertiary/aromatic N) is 1. The Morgan fingerprint density at radius 2 is 1.67 bits per heavy atom. The van der Waals surface area contributed by atoms with E-state index in [4.69, 9.17) is 4.84 Å². The average Bonchev–Trinajstić information content (AvgIpc) is 2.37. The first kappa shape index (κ1) is 13.3. The van der Waals surface area contributed by atoms with Crippen molar-refractivity contribution >= 4 is 38.1 Å². The minimum atomic E-state index is 0.721. The van der Waals surface area contributed by atoms with Gasteiger partial charge >= 0.3 is 0 Å². The van der Waals surface area contributed by atoms with Gasteiger partial charge in [0.15, 0.2) is 5.75 Å². The second-order valence-electron chi connectivity index (χ2n) is 3.75. The van der Waals surface area contributed by atoms with Gasteiger partial charge < -0.3 is 4.84 Å². The van der Waals surface area contributed by atoms with Crippen LogP contribution >= 0.6 is 31.9 Å². The molecule has 0 fully saturated rings. The highest BCUT2D eigenvalue weighted by Gasteiger charge is 2.01. The van der Waals surface area contributed by atoms with E-state index in [0.29, 0.717) is 0 Å². The summed E-state index contributed by atoms with van der Waals surface area (Å²) < 4.78 is 2.08. The van der Waals surface area contributed by atoms with E-state index in [9.17, 15) is 0 Å². The summed E-state index contributed by atoms with van der Waals surface area (Å²) >= 11 is 7.00. The molecular formula is C14H11Br2NO. The van der Waals surface area contributed by atoms with Crippen molar-refractivity contribution < 1.29 is 4.84 Å². The van der Waals surface area contributed by atoms with Gasteiger partial charge in [0.2, 0.25) is 0 Å². The number of oxime groups is 1. The van der Waals surface area contributed by atoms with Crippen LogP contribution in [0.2, 0.25) is 0 Å². The van der Waals surface area contributed by atoms with Gasteiger partial charge in [0.1, 0.15) is 0 Å². The van der Waals surface area contributed by atoms with E-state index in [0.717, 1.165) is 25.8 Å². The minimum absolute atomic E-state index is 0.721. The third-order valence-corrected chi connectivity index (χ3v) is 4.05. The zero-order valence-corrected chi connectivity index (χ0v) is 12.9. The van der Waals surface area contributed by atoms with Crippen molar-refractivity contribution in [3.05, 3.63) is 62.5 Å². The predicted molar refractivity (Wildman–Crippen MR) is 81.2 cm³/mol. The van der Waals surface area contributed by atoms with Crippen molar-refractivity contribution in [1.29, 1.82) is 0 Å². The molecule has 0 saturated carbocycles. The second-order valence-corrected chi connectivity index (χ2v) is 5.46.